The van der Waals surface area contributed by atoms with Crippen molar-refractivity contribution in [2.24, 2.45) is 0 Å². The molecule has 0 spiro atoms. The van der Waals surface area contributed by atoms with Gasteiger partial charge in [-0.1, -0.05) is 0 Å². The Hall–Kier alpha value is -1.27. The number of sulfonamides is 1. The van der Waals surface area contributed by atoms with E-state index >= 15 is 0 Å². The Balaban J connectivity index is 1.71. The molecule has 0 amide bonds. The van der Waals surface area contributed by atoms with Crippen molar-refractivity contribution >= 4 is 15.7 Å². The summed E-state index contributed by atoms with van der Waals surface area (Å²) in [7, 11) is -3.10. The lowest BCUT2D eigenvalue weighted by atomic mass is 10.3. The molecule has 1 aliphatic rings. The van der Waals surface area contributed by atoms with Crippen LogP contribution in [0, 0.1) is 0 Å². The van der Waals surface area contributed by atoms with E-state index in [0.717, 1.165) is 12.8 Å². The van der Waals surface area contributed by atoms with Crippen LogP contribution in [0.2, 0.25) is 0 Å². The van der Waals surface area contributed by atoms with Gasteiger partial charge in [0.2, 0.25) is 10.0 Å². The zero-order chi connectivity index (χ0) is 12.3. The van der Waals surface area contributed by atoms with Crippen molar-refractivity contribution in [2.45, 2.75) is 18.1 Å². The molecule has 5 nitrogen and oxygen atoms in total. The maximum absolute atomic E-state index is 11.5. The number of anilines is 1. The van der Waals surface area contributed by atoms with E-state index in [-0.39, 0.29) is 5.25 Å². The molecule has 0 radical (unpaired) electrons. The van der Waals surface area contributed by atoms with E-state index in [2.05, 4.69) is 4.72 Å². The third-order valence-electron chi connectivity index (χ3n) is 2.52. The third kappa shape index (κ3) is 3.61. The summed E-state index contributed by atoms with van der Waals surface area (Å²) in [5, 5.41) is -0.181. The highest BCUT2D eigenvalue weighted by atomic mass is 32.2. The highest BCUT2D eigenvalue weighted by Gasteiger charge is 2.35. The first kappa shape index (κ1) is 12.2. The van der Waals surface area contributed by atoms with Crippen molar-refractivity contribution < 1.29 is 13.2 Å². The summed E-state index contributed by atoms with van der Waals surface area (Å²) < 4.78 is 30.8. The molecular weight excluding hydrogens is 240 g/mol. The summed E-state index contributed by atoms with van der Waals surface area (Å²) >= 11 is 0. The summed E-state index contributed by atoms with van der Waals surface area (Å²) in [6.07, 6.45) is 1.54. The van der Waals surface area contributed by atoms with E-state index in [9.17, 15) is 8.42 Å². The highest BCUT2D eigenvalue weighted by molar-refractivity contribution is 7.90. The second kappa shape index (κ2) is 4.93. The summed E-state index contributed by atoms with van der Waals surface area (Å²) in [5.74, 6) is 0.685. The molecule has 3 N–H and O–H groups in total. The van der Waals surface area contributed by atoms with Gasteiger partial charge in [0.05, 0.1) is 5.25 Å². The molecule has 0 atom stereocenters. The summed E-state index contributed by atoms with van der Waals surface area (Å²) in [5.41, 5.74) is 6.20. The second-order valence-electron chi connectivity index (χ2n) is 4.06. The van der Waals surface area contributed by atoms with Gasteiger partial charge in [-0.3, -0.25) is 0 Å². The topological polar surface area (TPSA) is 81.4 Å². The van der Waals surface area contributed by atoms with Gasteiger partial charge in [-0.05, 0) is 37.1 Å². The molecule has 0 aromatic heterocycles. The largest absolute Gasteiger partial charge is 0.492 e. The third-order valence-corrected chi connectivity index (χ3v) is 4.47. The van der Waals surface area contributed by atoms with Gasteiger partial charge in [0.1, 0.15) is 12.4 Å². The van der Waals surface area contributed by atoms with Gasteiger partial charge in [-0.15, -0.1) is 0 Å². The Kier molecular flexibility index (Phi) is 3.54. The summed E-state index contributed by atoms with van der Waals surface area (Å²) in [6.45, 7) is 0.610. The number of nitrogens with two attached hydrogens (primary N) is 1. The molecule has 1 aromatic rings. The van der Waals surface area contributed by atoms with Crippen LogP contribution in [-0.2, 0) is 10.0 Å². The predicted molar refractivity (Wildman–Crippen MR) is 66.3 cm³/mol. The molecule has 1 fully saturated rings. The molecule has 6 heteroatoms. The SMILES string of the molecule is Nc1ccc(OCCNS(=O)(=O)C2CC2)cc1. The van der Waals surface area contributed by atoms with Crippen molar-refractivity contribution in [1.29, 1.82) is 0 Å². The number of nitrogen functional groups attached to an aromatic ring is 1. The fraction of sp³-hybridized carbons (Fsp3) is 0.455. The van der Waals surface area contributed by atoms with E-state index in [0.29, 0.717) is 24.6 Å². The average Bonchev–Trinajstić information content (AvgIpc) is 3.11. The number of benzene rings is 1. The van der Waals surface area contributed by atoms with E-state index in [4.69, 9.17) is 10.5 Å². The van der Waals surface area contributed by atoms with E-state index < -0.39 is 10.0 Å². The molecule has 0 aliphatic heterocycles. The van der Waals surface area contributed by atoms with E-state index in [1.807, 2.05) is 0 Å². The quantitative estimate of drug-likeness (QED) is 0.580. The number of hydrogen-bond donors (Lipinski definition) is 2. The first-order valence-electron chi connectivity index (χ1n) is 5.55. The Labute approximate surface area is 101 Å². The lowest BCUT2D eigenvalue weighted by Gasteiger charge is -2.07. The molecule has 0 bridgehead atoms. The van der Waals surface area contributed by atoms with Gasteiger partial charge in [-0.25, -0.2) is 13.1 Å². The van der Waals surface area contributed by atoms with Crippen LogP contribution in [0.25, 0.3) is 0 Å². The minimum atomic E-state index is -3.10. The van der Waals surface area contributed by atoms with Crippen molar-refractivity contribution in [1.82, 2.24) is 4.72 Å². The Morgan fingerprint density at radius 1 is 1.29 bits per heavy atom. The van der Waals surface area contributed by atoms with Crippen LogP contribution in [0.3, 0.4) is 0 Å². The molecule has 2 rings (SSSR count). The molecule has 17 heavy (non-hydrogen) atoms. The Morgan fingerprint density at radius 2 is 1.94 bits per heavy atom. The molecule has 94 valence electrons. The van der Waals surface area contributed by atoms with Crippen molar-refractivity contribution in [2.75, 3.05) is 18.9 Å². The number of rotatable bonds is 6. The predicted octanol–water partition coefficient (Wildman–Crippen LogP) is 0.729. The number of nitrogens with one attached hydrogen (secondary N) is 1. The maximum Gasteiger partial charge on any atom is 0.214 e. The normalized spacial score (nSPS) is 15.8. The second-order valence-corrected chi connectivity index (χ2v) is 6.10. The maximum atomic E-state index is 11.5. The molecule has 0 saturated heterocycles. The van der Waals surface area contributed by atoms with Gasteiger partial charge in [0, 0.05) is 12.2 Å². The molecule has 1 saturated carbocycles. The van der Waals surface area contributed by atoms with Crippen molar-refractivity contribution in [3.63, 3.8) is 0 Å². The van der Waals surface area contributed by atoms with Gasteiger partial charge < -0.3 is 10.5 Å². The minimum absolute atomic E-state index is 0.181. The Morgan fingerprint density at radius 3 is 2.53 bits per heavy atom. The molecule has 1 aliphatic carbocycles. The van der Waals surface area contributed by atoms with Crippen LogP contribution in [-0.4, -0.2) is 26.8 Å². The van der Waals surface area contributed by atoms with Crippen molar-refractivity contribution in [3.05, 3.63) is 24.3 Å². The molecule has 0 unspecified atom stereocenters. The van der Waals surface area contributed by atoms with Gasteiger partial charge in [-0.2, -0.15) is 0 Å². The number of ether oxygens (including phenoxy) is 1. The van der Waals surface area contributed by atoms with E-state index in [1.165, 1.54) is 0 Å². The average molecular weight is 256 g/mol. The zero-order valence-electron chi connectivity index (χ0n) is 9.43. The smallest absolute Gasteiger partial charge is 0.214 e. The minimum Gasteiger partial charge on any atom is -0.492 e. The van der Waals surface area contributed by atoms with E-state index in [1.54, 1.807) is 24.3 Å². The fourth-order valence-corrected chi connectivity index (χ4v) is 2.77. The lowest BCUT2D eigenvalue weighted by molar-refractivity contribution is 0.323. The van der Waals surface area contributed by atoms with Gasteiger partial charge >= 0.3 is 0 Å². The fourth-order valence-electron chi connectivity index (χ4n) is 1.41. The van der Waals surface area contributed by atoms with Gasteiger partial charge in [0.15, 0.2) is 0 Å². The highest BCUT2D eigenvalue weighted by Crippen LogP contribution is 2.27. The monoisotopic (exact) mass is 256 g/mol. The van der Waals surface area contributed by atoms with Crippen LogP contribution in [0.4, 0.5) is 5.69 Å². The Bertz CT molecular complexity index is 466. The lowest BCUT2D eigenvalue weighted by Crippen LogP contribution is -2.30. The number of hydrogen-bond acceptors (Lipinski definition) is 4. The first-order chi connectivity index (χ1) is 8.08. The molecule has 1 aromatic carbocycles. The zero-order valence-corrected chi connectivity index (χ0v) is 10.2. The molecule has 0 heterocycles. The first-order valence-corrected chi connectivity index (χ1v) is 7.09. The van der Waals surface area contributed by atoms with Crippen LogP contribution in [0.1, 0.15) is 12.8 Å². The van der Waals surface area contributed by atoms with Crippen LogP contribution in [0.5, 0.6) is 5.75 Å². The summed E-state index contributed by atoms with van der Waals surface area (Å²) in [4.78, 5) is 0. The standard InChI is InChI=1S/C11H16N2O3S/c12-9-1-3-10(4-2-9)16-8-7-13-17(14,15)11-5-6-11/h1-4,11,13H,5-8,12H2. The van der Waals surface area contributed by atoms with Crippen LogP contribution in [0.15, 0.2) is 24.3 Å². The van der Waals surface area contributed by atoms with Crippen LogP contribution >= 0.6 is 0 Å². The van der Waals surface area contributed by atoms with Gasteiger partial charge in [0.25, 0.3) is 0 Å². The summed E-state index contributed by atoms with van der Waals surface area (Å²) in [6, 6.07) is 6.99. The van der Waals surface area contributed by atoms with Crippen LogP contribution < -0.4 is 15.2 Å². The molecular formula is C11H16N2O3S. The van der Waals surface area contributed by atoms with Crippen molar-refractivity contribution in [3.8, 4) is 5.75 Å².